The van der Waals surface area contributed by atoms with E-state index in [0.717, 1.165) is 24.8 Å². The summed E-state index contributed by atoms with van der Waals surface area (Å²) in [5.74, 6) is -5.07. The lowest BCUT2D eigenvalue weighted by Gasteiger charge is -2.26. The van der Waals surface area contributed by atoms with Crippen LogP contribution in [0.5, 0.6) is 0 Å². The molecule has 8 heteroatoms. The van der Waals surface area contributed by atoms with Gasteiger partial charge in [0.2, 0.25) is 0 Å². The number of pyridine rings is 1. The van der Waals surface area contributed by atoms with E-state index in [4.69, 9.17) is 16.3 Å². The van der Waals surface area contributed by atoms with Gasteiger partial charge in [0, 0.05) is 12.7 Å². The minimum atomic E-state index is -1.59. The van der Waals surface area contributed by atoms with Crippen molar-refractivity contribution in [2.45, 2.75) is 12.6 Å². The van der Waals surface area contributed by atoms with E-state index in [1.54, 1.807) is 19.2 Å². The van der Waals surface area contributed by atoms with E-state index in [1.807, 2.05) is 0 Å². The van der Waals surface area contributed by atoms with Crippen LogP contribution in [-0.2, 0) is 16.1 Å². The maximum absolute atomic E-state index is 13.5. The summed E-state index contributed by atoms with van der Waals surface area (Å²) in [6, 6.07) is 3.71. The Morgan fingerprint density at radius 2 is 1.92 bits per heavy atom. The summed E-state index contributed by atoms with van der Waals surface area (Å²) >= 11 is 5.71. The number of carbonyl (C=O) groups excluding carboxylic acids is 1. The fourth-order valence-electron chi connectivity index (χ4n) is 2.29. The molecule has 0 spiro atoms. The molecule has 0 aliphatic heterocycles. The summed E-state index contributed by atoms with van der Waals surface area (Å²) in [6.45, 7) is 0.227. The van der Waals surface area contributed by atoms with Crippen molar-refractivity contribution in [3.05, 3.63) is 64.2 Å². The molecule has 2 aromatic rings. The Kier molecular flexibility index (Phi) is 5.80. The second kappa shape index (κ2) is 7.63. The zero-order valence-electron chi connectivity index (χ0n) is 12.9. The Hall–Kier alpha value is -2.12. The Labute approximate surface area is 141 Å². The van der Waals surface area contributed by atoms with Crippen molar-refractivity contribution in [1.29, 1.82) is 0 Å². The van der Waals surface area contributed by atoms with Crippen LogP contribution < -0.4 is 0 Å². The maximum Gasteiger partial charge on any atom is 0.327 e. The first-order valence-corrected chi connectivity index (χ1v) is 7.24. The highest BCUT2D eigenvalue weighted by Gasteiger charge is 2.28. The molecule has 128 valence electrons. The molecule has 4 nitrogen and oxygen atoms in total. The third kappa shape index (κ3) is 4.04. The average Bonchev–Trinajstić information content (AvgIpc) is 2.54. The van der Waals surface area contributed by atoms with Crippen molar-refractivity contribution in [1.82, 2.24) is 9.88 Å². The molecule has 0 amide bonds. The molecule has 0 unspecified atom stereocenters. The van der Waals surface area contributed by atoms with Crippen molar-refractivity contribution in [3.63, 3.8) is 0 Å². The van der Waals surface area contributed by atoms with Gasteiger partial charge in [0.1, 0.15) is 11.2 Å². The quantitative estimate of drug-likeness (QED) is 0.466. The molecule has 1 aromatic heterocycles. The van der Waals surface area contributed by atoms with Crippen molar-refractivity contribution in [2.75, 3.05) is 14.2 Å². The van der Waals surface area contributed by atoms with Crippen molar-refractivity contribution in [3.8, 4) is 0 Å². The Morgan fingerprint density at radius 3 is 2.42 bits per heavy atom. The number of carbonyl (C=O) groups is 1. The maximum atomic E-state index is 13.5. The van der Waals surface area contributed by atoms with Crippen LogP contribution in [0.4, 0.5) is 13.2 Å². The van der Waals surface area contributed by atoms with Crippen LogP contribution in [0.15, 0.2) is 30.5 Å². The van der Waals surface area contributed by atoms with Gasteiger partial charge in [-0.3, -0.25) is 4.90 Å². The number of benzene rings is 1. The zero-order valence-corrected chi connectivity index (χ0v) is 13.6. The van der Waals surface area contributed by atoms with Gasteiger partial charge in [-0.25, -0.2) is 22.9 Å². The molecule has 0 saturated heterocycles. The van der Waals surface area contributed by atoms with Crippen LogP contribution >= 0.6 is 11.6 Å². The highest BCUT2D eigenvalue weighted by Crippen LogP contribution is 2.26. The van der Waals surface area contributed by atoms with Crippen LogP contribution in [0.3, 0.4) is 0 Å². The molecule has 0 radical (unpaired) electrons. The van der Waals surface area contributed by atoms with E-state index < -0.39 is 29.5 Å². The molecule has 1 heterocycles. The Balaban J connectivity index is 2.34. The van der Waals surface area contributed by atoms with E-state index in [2.05, 4.69) is 4.98 Å². The number of esters is 1. The van der Waals surface area contributed by atoms with Crippen LogP contribution in [0.1, 0.15) is 17.2 Å². The van der Waals surface area contributed by atoms with E-state index in [0.29, 0.717) is 5.15 Å². The molecule has 0 aliphatic rings. The highest BCUT2D eigenvalue weighted by molar-refractivity contribution is 6.29. The number of halogens is 4. The van der Waals surface area contributed by atoms with Gasteiger partial charge in [-0.05, 0) is 36.4 Å². The van der Waals surface area contributed by atoms with Crippen molar-refractivity contribution < 1.29 is 22.7 Å². The van der Waals surface area contributed by atoms with Gasteiger partial charge in [-0.2, -0.15) is 0 Å². The van der Waals surface area contributed by atoms with Gasteiger partial charge in [-0.15, -0.1) is 0 Å². The lowest BCUT2D eigenvalue weighted by molar-refractivity contribution is -0.147. The number of rotatable bonds is 5. The number of methoxy groups -OCH3 is 1. The summed E-state index contributed by atoms with van der Waals surface area (Å²) in [6.07, 6.45) is 1.51. The van der Waals surface area contributed by atoms with Crippen molar-refractivity contribution >= 4 is 17.6 Å². The number of aromatic nitrogens is 1. The topological polar surface area (TPSA) is 42.4 Å². The van der Waals surface area contributed by atoms with E-state index in [-0.39, 0.29) is 12.1 Å². The zero-order chi connectivity index (χ0) is 17.9. The number of ether oxygens (including phenoxy) is 1. The van der Waals surface area contributed by atoms with Gasteiger partial charge in [-0.1, -0.05) is 17.7 Å². The molecule has 0 fully saturated rings. The van der Waals surface area contributed by atoms with Gasteiger partial charge < -0.3 is 4.74 Å². The predicted octanol–water partition coefficient (Wildman–Crippen LogP) is 3.50. The van der Waals surface area contributed by atoms with E-state index in [9.17, 15) is 18.0 Å². The smallest absolute Gasteiger partial charge is 0.327 e. The minimum Gasteiger partial charge on any atom is -0.468 e. The van der Waals surface area contributed by atoms with Gasteiger partial charge in [0.15, 0.2) is 17.5 Å². The second-order valence-corrected chi connectivity index (χ2v) is 5.52. The molecule has 1 atom stereocenters. The van der Waals surface area contributed by atoms with Crippen molar-refractivity contribution in [2.24, 2.45) is 0 Å². The third-order valence-electron chi connectivity index (χ3n) is 3.41. The summed E-state index contributed by atoms with van der Waals surface area (Å²) in [5.41, 5.74) is 0.668. The molecular weight excluding hydrogens is 345 g/mol. The average molecular weight is 359 g/mol. The van der Waals surface area contributed by atoms with E-state index in [1.165, 1.54) is 11.1 Å². The Bertz CT molecular complexity index is 718. The predicted molar refractivity (Wildman–Crippen MR) is 81.8 cm³/mol. The minimum absolute atomic E-state index is 0.0531. The number of hydrogen-bond acceptors (Lipinski definition) is 4. The van der Waals surface area contributed by atoms with Crippen LogP contribution in [0, 0.1) is 17.5 Å². The second-order valence-electron chi connectivity index (χ2n) is 5.13. The molecule has 0 bridgehead atoms. The summed E-state index contributed by atoms with van der Waals surface area (Å²) in [4.78, 5) is 17.5. The fourth-order valence-corrected chi connectivity index (χ4v) is 2.41. The largest absolute Gasteiger partial charge is 0.468 e. The van der Waals surface area contributed by atoms with Gasteiger partial charge >= 0.3 is 5.97 Å². The molecule has 2 rings (SSSR count). The molecule has 24 heavy (non-hydrogen) atoms. The first kappa shape index (κ1) is 18.2. The van der Waals surface area contributed by atoms with Gasteiger partial charge in [0.25, 0.3) is 0 Å². The standard InChI is InChI=1S/C16H14ClF3N2O2/c1-22(8-9-3-4-13(17)21-7-9)15(16(23)24-2)10-5-11(18)14(20)12(19)6-10/h3-7,15H,8H2,1-2H3/t15-/m1/s1. The third-order valence-corrected chi connectivity index (χ3v) is 3.63. The highest BCUT2D eigenvalue weighted by atomic mass is 35.5. The lowest BCUT2D eigenvalue weighted by atomic mass is 10.0. The van der Waals surface area contributed by atoms with Crippen LogP contribution in [-0.4, -0.2) is 30.0 Å². The first-order chi connectivity index (χ1) is 11.3. The monoisotopic (exact) mass is 358 g/mol. The lowest BCUT2D eigenvalue weighted by Crippen LogP contribution is -2.31. The fraction of sp³-hybridized carbons (Fsp3) is 0.250. The molecule has 1 aromatic carbocycles. The van der Waals surface area contributed by atoms with Gasteiger partial charge in [0.05, 0.1) is 7.11 Å². The number of likely N-dealkylation sites (N-methyl/N-ethyl adjacent to an activating group) is 1. The summed E-state index contributed by atoms with van der Waals surface area (Å²) in [7, 11) is 2.72. The summed E-state index contributed by atoms with van der Waals surface area (Å²) in [5, 5.41) is 0.314. The SMILES string of the molecule is COC(=O)[C@@H](c1cc(F)c(F)c(F)c1)N(C)Cc1ccc(Cl)nc1. The summed E-state index contributed by atoms with van der Waals surface area (Å²) < 4.78 is 44.8. The number of hydrogen-bond donors (Lipinski definition) is 0. The molecule has 0 aliphatic carbocycles. The normalized spacial score (nSPS) is 12.3. The molecule has 0 saturated carbocycles. The number of nitrogens with zero attached hydrogens (tertiary/aromatic N) is 2. The molecule has 0 N–H and O–H groups in total. The van der Waals surface area contributed by atoms with E-state index >= 15 is 0 Å². The van der Waals surface area contributed by atoms with Crippen LogP contribution in [0.2, 0.25) is 5.15 Å². The Morgan fingerprint density at radius 1 is 1.29 bits per heavy atom. The molecular formula is C16H14ClF3N2O2. The first-order valence-electron chi connectivity index (χ1n) is 6.86. The van der Waals surface area contributed by atoms with Crippen LogP contribution in [0.25, 0.3) is 0 Å².